The average molecular weight is 557 g/mol. The van der Waals surface area contributed by atoms with Crippen LogP contribution in [0.25, 0.3) is 6.08 Å². The number of nitrogens with one attached hydrogen (secondary N) is 2. The van der Waals surface area contributed by atoms with Gasteiger partial charge in [-0.2, -0.15) is 4.99 Å². The molecule has 0 aliphatic carbocycles. The molecule has 2 aromatic rings. The van der Waals surface area contributed by atoms with Crippen LogP contribution in [0, 0.1) is 0 Å². The maximum Gasteiger partial charge on any atom is 0.302 e. The molecule has 1 spiro atoms. The molecule has 204 valence electrons. The quantitative estimate of drug-likeness (QED) is 0.167. The molecule has 0 unspecified atom stereocenters. The lowest BCUT2D eigenvalue weighted by molar-refractivity contribution is -0.129. The van der Waals surface area contributed by atoms with E-state index in [1.807, 2.05) is 18.3 Å². The lowest BCUT2D eigenvalue weighted by Gasteiger charge is -2.42. The Morgan fingerprint density at radius 1 is 1.08 bits per heavy atom. The minimum Gasteiger partial charge on any atom is -0.367 e. The summed E-state index contributed by atoms with van der Waals surface area (Å²) in [7, 11) is 0. The molecule has 5 rings (SSSR count). The summed E-state index contributed by atoms with van der Waals surface area (Å²) < 4.78 is 0. The number of aliphatic imine (C=N–C) groups is 1. The van der Waals surface area contributed by atoms with Gasteiger partial charge in [-0.3, -0.25) is 19.6 Å². The van der Waals surface area contributed by atoms with Gasteiger partial charge in [0.05, 0.1) is 12.1 Å². The fourth-order valence-electron chi connectivity index (χ4n) is 4.80. The lowest BCUT2D eigenvalue weighted by Crippen LogP contribution is -2.58. The number of H-pyrrole nitrogens is 1. The van der Waals surface area contributed by atoms with Gasteiger partial charge in [0.2, 0.25) is 17.6 Å². The number of aromatic nitrogens is 3. The molecule has 3 aliphatic heterocycles. The number of carbonyl (C=O) groups excluding carboxylic acids is 2. The summed E-state index contributed by atoms with van der Waals surface area (Å²) in [5.41, 5.74) is 0.602. The van der Waals surface area contributed by atoms with Crippen LogP contribution in [0.3, 0.4) is 0 Å². The number of carbonyl (C=O) groups is 2. The molecular weight excluding hydrogens is 532 g/mol. The number of likely N-dealkylation sites (tertiary alicyclic amines) is 1. The summed E-state index contributed by atoms with van der Waals surface area (Å²) in [4.78, 5) is 43.0. The van der Waals surface area contributed by atoms with E-state index >= 15 is 0 Å². The van der Waals surface area contributed by atoms with Gasteiger partial charge in [0.15, 0.2) is 10.8 Å². The summed E-state index contributed by atoms with van der Waals surface area (Å²) in [6.07, 6.45) is 4.71. The van der Waals surface area contributed by atoms with Crippen LogP contribution in [0.4, 0.5) is 17.5 Å². The maximum atomic E-state index is 13.2. The zero-order chi connectivity index (χ0) is 27.7. The molecule has 2 amide bonds. The van der Waals surface area contributed by atoms with E-state index in [1.54, 1.807) is 4.90 Å². The number of halogens is 1. The van der Waals surface area contributed by atoms with Crippen LogP contribution in [0.1, 0.15) is 28.9 Å². The fourth-order valence-corrected chi connectivity index (χ4v) is 4.97. The smallest absolute Gasteiger partial charge is 0.302 e. The van der Waals surface area contributed by atoms with Gasteiger partial charge in [0.25, 0.3) is 5.91 Å². The van der Waals surface area contributed by atoms with Gasteiger partial charge in [-0.15, -0.1) is 10.2 Å². The van der Waals surface area contributed by atoms with E-state index in [-0.39, 0.29) is 40.9 Å². The van der Waals surface area contributed by atoms with E-state index in [0.717, 1.165) is 11.4 Å². The molecule has 0 aromatic carbocycles. The number of piperidine rings is 1. The number of hydrogen-bond donors (Lipinski definition) is 6. The van der Waals surface area contributed by atoms with Crippen LogP contribution in [0.2, 0.25) is 5.15 Å². The molecule has 19 heteroatoms. The number of fused-ring (bicyclic) bond motifs is 1. The van der Waals surface area contributed by atoms with E-state index in [4.69, 9.17) is 35.0 Å². The van der Waals surface area contributed by atoms with Crippen molar-refractivity contribution >= 4 is 52.9 Å². The Bertz CT molecular complexity index is 1420. The Hall–Kier alpha value is -4.68. The number of hydrogen-bond acceptors (Lipinski definition) is 11. The van der Waals surface area contributed by atoms with Crippen molar-refractivity contribution in [3.05, 3.63) is 34.2 Å². The molecule has 2 saturated heterocycles. The van der Waals surface area contributed by atoms with E-state index in [2.05, 4.69) is 45.9 Å². The topological polar surface area (TPSA) is 263 Å². The predicted molar refractivity (Wildman–Crippen MR) is 139 cm³/mol. The molecule has 2 fully saturated rings. The van der Waals surface area contributed by atoms with Gasteiger partial charge < -0.3 is 26.9 Å². The number of aromatic amines is 1. The summed E-state index contributed by atoms with van der Waals surface area (Å²) in [6, 6.07) is 1.91. The molecule has 0 radical (unpaired) electrons. The third-order valence-corrected chi connectivity index (χ3v) is 7.05. The largest absolute Gasteiger partial charge is 0.367 e. The molecule has 3 aliphatic rings. The van der Waals surface area contributed by atoms with Crippen LogP contribution < -0.4 is 28.7 Å². The molecule has 10 N–H and O–H groups in total. The zero-order valence-electron chi connectivity index (χ0n) is 20.5. The van der Waals surface area contributed by atoms with Crippen molar-refractivity contribution in [2.24, 2.45) is 49.0 Å². The first-order chi connectivity index (χ1) is 18.8. The first-order valence-corrected chi connectivity index (χ1v) is 12.0. The summed E-state index contributed by atoms with van der Waals surface area (Å²) in [5, 5.41) is 18.9. The number of rotatable bonds is 4. The van der Waals surface area contributed by atoms with Crippen LogP contribution in [0.15, 0.2) is 43.5 Å². The Morgan fingerprint density at radius 3 is 2.51 bits per heavy atom. The van der Waals surface area contributed by atoms with Crippen molar-refractivity contribution in [3.63, 3.8) is 0 Å². The molecule has 0 bridgehead atoms. The molecule has 0 atom stereocenters. The molecule has 2 aromatic heterocycles. The van der Waals surface area contributed by atoms with E-state index in [9.17, 15) is 9.59 Å². The third kappa shape index (κ3) is 4.71. The third-order valence-electron chi connectivity index (χ3n) is 6.80. The number of nitrogens with zero attached hydrogens (tertiary/aromatic N) is 10. The molecule has 5 heterocycles. The van der Waals surface area contributed by atoms with E-state index in [1.165, 1.54) is 10.0 Å². The number of guanidine groups is 1. The summed E-state index contributed by atoms with van der Waals surface area (Å²) >= 11 is 6.03. The van der Waals surface area contributed by atoms with Crippen LogP contribution >= 0.6 is 11.6 Å². The Morgan fingerprint density at radius 2 is 1.79 bits per heavy atom. The highest BCUT2D eigenvalue weighted by Gasteiger charge is 2.49. The van der Waals surface area contributed by atoms with Crippen molar-refractivity contribution < 1.29 is 9.59 Å². The van der Waals surface area contributed by atoms with Crippen molar-refractivity contribution in [2.45, 2.75) is 18.4 Å². The van der Waals surface area contributed by atoms with Gasteiger partial charge in [0.1, 0.15) is 5.82 Å². The van der Waals surface area contributed by atoms with Crippen molar-refractivity contribution in [1.29, 1.82) is 0 Å². The van der Waals surface area contributed by atoms with Crippen LogP contribution in [0.5, 0.6) is 0 Å². The van der Waals surface area contributed by atoms with Crippen molar-refractivity contribution in [2.75, 3.05) is 31.5 Å². The minimum atomic E-state index is -0.894. The number of amides is 2. The second kappa shape index (κ2) is 10.2. The SMILES string of the molecule is NN=Nc1nc(N=NN)c(C(=O)N=C2N(N)CC3(CCN(C(=O)C4=Cc5cc[nH]c5NC4)CC3)N2N)nc1Cl. The predicted octanol–water partition coefficient (Wildman–Crippen LogP) is 0.104. The Labute approximate surface area is 225 Å². The highest BCUT2D eigenvalue weighted by Crippen LogP contribution is 2.34. The zero-order valence-corrected chi connectivity index (χ0v) is 21.2. The Kier molecular flexibility index (Phi) is 6.81. The lowest BCUT2D eigenvalue weighted by atomic mass is 9.87. The number of hydrazine groups is 2. The average Bonchev–Trinajstić information content (AvgIpc) is 3.48. The number of anilines is 1. The van der Waals surface area contributed by atoms with E-state index in [0.29, 0.717) is 38.0 Å². The molecule has 0 saturated carbocycles. The standard InChI is InChI=1S/C20H25ClN16O2/c21-13-16(32-34-23)29-15(31-33-22)12(28-13)17(38)30-19-36(24)9-20(37(19)25)2-5-35(6-3-20)18(39)11-7-10-1-4-26-14(10)27-8-11/h1,4,7,26-27H,2-3,5-6,8-9,24-25H2,(H4,22,23,29,31,32). The normalized spacial score (nSPS) is 19.7. The number of nitrogens with two attached hydrogens (primary N) is 4. The highest BCUT2D eigenvalue weighted by molar-refractivity contribution is 6.31. The minimum absolute atomic E-state index is 0.00163. The monoisotopic (exact) mass is 556 g/mol. The van der Waals surface area contributed by atoms with Crippen molar-refractivity contribution in [3.8, 4) is 0 Å². The molecule has 18 nitrogen and oxygen atoms in total. The summed E-state index contributed by atoms with van der Waals surface area (Å²) in [6.45, 7) is 1.60. The van der Waals surface area contributed by atoms with Gasteiger partial charge >= 0.3 is 5.91 Å². The van der Waals surface area contributed by atoms with E-state index < -0.39 is 11.4 Å². The first-order valence-electron chi connectivity index (χ1n) is 11.7. The van der Waals surface area contributed by atoms with Gasteiger partial charge in [-0.25, -0.2) is 21.7 Å². The fraction of sp³-hybridized carbons (Fsp3) is 0.350. The second-order valence-corrected chi connectivity index (χ2v) is 9.36. The van der Waals surface area contributed by atoms with Gasteiger partial charge in [0, 0.05) is 37.0 Å². The molecular formula is C20H25ClN16O2. The Balaban J connectivity index is 1.32. The van der Waals surface area contributed by atoms with Gasteiger partial charge in [-0.05, 0) is 25.0 Å². The van der Waals surface area contributed by atoms with Crippen LogP contribution in [-0.4, -0.2) is 79.4 Å². The first kappa shape index (κ1) is 25.9. The molecule has 39 heavy (non-hydrogen) atoms. The van der Waals surface area contributed by atoms with Gasteiger partial charge in [-0.1, -0.05) is 22.0 Å². The second-order valence-electron chi connectivity index (χ2n) is 9.00. The maximum absolute atomic E-state index is 13.2. The van der Waals surface area contributed by atoms with Crippen LogP contribution in [-0.2, 0) is 4.79 Å². The summed E-state index contributed by atoms with van der Waals surface area (Å²) in [5.74, 6) is 22.2. The highest BCUT2D eigenvalue weighted by atomic mass is 35.5. The van der Waals surface area contributed by atoms with Crippen molar-refractivity contribution in [1.82, 2.24) is 29.9 Å².